The third-order valence-electron chi connectivity index (χ3n) is 1.07. The smallest absolute Gasteiger partial charge is 0.245 e. The number of hydrogen-bond donors (Lipinski definition) is 1. The van der Waals surface area contributed by atoms with E-state index < -0.39 is 5.92 Å². The molecule has 0 saturated heterocycles. The van der Waals surface area contributed by atoms with Gasteiger partial charge in [0, 0.05) is 6.42 Å². The van der Waals surface area contributed by atoms with E-state index in [0.717, 1.165) is 6.92 Å². The number of halogens is 3. The van der Waals surface area contributed by atoms with Gasteiger partial charge in [0.15, 0.2) is 0 Å². The van der Waals surface area contributed by atoms with Gasteiger partial charge in [0.25, 0.3) is 0 Å². The Morgan fingerprint density at radius 2 is 1.80 bits per heavy atom. The highest BCUT2D eigenvalue weighted by Gasteiger charge is 2.19. The summed E-state index contributed by atoms with van der Waals surface area (Å²) < 4.78 is 24.0. The van der Waals surface area contributed by atoms with Crippen molar-refractivity contribution in [1.82, 2.24) is 0 Å². The first kappa shape index (κ1) is 12.8. The second-order valence-electron chi connectivity index (χ2n) is 2.32. The Morgan fingerprint density at radius 1 is 1.30 bits per heavy atom. The van der Waals surface area contributed by atoms with Crippen molar-refractivity contribution in [3.05, 3.63) is 0 Å². The van der Waals surface area contributed by atoms with Crippen molar-refractivity contribution >= 4 is 12.4 Å². The van der Waals surface area contributed by atoms with E-state index in [9.17, 15) is 8.78 Å². The van der Waals surface area contributed by atoms with Gasteiger partial charge in [-0.15, -0.1) is 12.4 Å². The van der Waals surface area contributed by atoms with Crippen LogP contribution in [0.2, 0.25) is 0 Å². The maximum Gasteiger partial charge on any atom is 0.245 e. The highest BCUT2D eigenvalue weighted by Crippen LogP contribution is 2.18. The van der Waals surface area contributed by atoms with Gasteiger partial charge in [-0.2, -0.15) is 0 Å². The van der Waals surface area contributed by atoms with Gasteiger partial charge in [-0.25, -0.2) is 8.78 Å². The van der Waals surface area contributed by atoms with Gasteiger partial charge in [-0.05, 0) is 26.3 Å². The lowest BCUT2D eigenvalue weighted by atomic mass is 10.2. The van der Waals surface area contributed by atoms with Crippen LogP contribution in [0, 0.1) is 0 Å². The van der Waals surface area contributed by atoms with Gasteiger partial charge >= 0.3 is 0 Å². The number of alkyl halides is 2. The van der Waals surface area contributed by atoms with Crippen LogP contribution in [0.5, 0.6) is 0 Å². The van der Waals surface area contributed by atoms with Crippen LogP contribution in [0.25, 0.3) is 0 Å². The Bertz CT molecular complexity index is 72.6. The fourth-order valence-corrected chi connectivity index (χ4v) is 0.580. The van der Waals surface area contributed by atoms with Crippen LogP contribution in [0.3, 0.4) is 0 Å². The van der Waals surface area contributed by atoms with Crippen molar-refractivity contribution in [2.45, 2.75) is 32.1 Å². The summed E-state index contributed by atoms with van der Waals surface area (Å²) in [6, 6.07) is 0. The predicted molar refractivity (Wildman–Crippen MR) is 40.8 cm³/mol. The van der Waals surface area contributed by atoms with E-state index in [1.807, 2.05) is 0 Å². The molecule has 10 heavy (non-hydrogen) atoms. The molecular formula is C6H14ClF2N. The van der Waals surface area contributed by atoms with Gasteiger partial charge in [-0.1, -0.05) is 0 Å². The van der Waals surface area contributed by atoms with Crippen molar-refractivity contribution in [1.29, 1.82) is 0 Å². The van der Waals surface area contributed by atoms with E-state index in [1.165, 1.54) is 0 Å². The molecule has 0 unspecified atom stereocenters. The minimum absolute atomic E-state index is 0. The van der Waals surface area contributed by atoms with Gasteiger partial charge in [0.05, 0.1) is 0 Å². The van der Waals surface area contributed by atoms with E-state index in [-0.39, 0.29) is 18.8 Å². The van der Waals surface area contributed by atoms with Gasteiger partial charge in [0.2, 0.25) is 5.92 Å². The van der Waals surface area contributed by atoms with Gasteiger partial charge in [0.1, 0.15) is 0 Å². The zero-order chi connectivity index (χ0) is 7.33. The molecule has 0 heterocycles. The topological polar surface area (TPSA) is 26.0 Å². The van der Waals surface area contributed by atoms with Crippen molar-refractivity contribution in [2.75, 3.05) is 6.54 Å². The van der Waals surface area contributed by atoms with E-state index >= 15 is 0 Å². The molecular weight excluding hydrogens is 160 g/mol. The molecule has 0 aliphatic carbocycles. The third kappa shape index (κ3) is 11.0. The molecule has 0 aromatic heterocycles. The van der Waals surface area contributed by atoms with Crippen molar-refractivity contribution in [3.8, 4) is 0 Å². The van der Waals surface area contributed by atoms with Crippen molar-refractivity contribution < 1.29 is 8.78 Å². The molecule has 0 saturated carbocycles. The average molecular weight is 174 g/mol. The number of unbranched alkanes of at least 4 members (excludes halogenated alkanes) is 1. The van der Waals surface area contributed by atoms with Crippen molar-refractivity contribution in [3.63, 3.8) is 0 Å². The average Bonchev–Trinajstić information content (AvgIpc) is 1.63. The first-order chi connectivity index (χ1) is 4.06. The molecule has 0 fully saturated rings. The third-order valence-corrected chi connectivity index (χ3v) is 1.07. The molecule has 4 heteroatoms. The van der Waals surface area contributed by atoms with Crippen LogP contribution >= 0.6 is 12.4 Å². The monoisotopic (exact) mass is 173 g/mol. The lowest BCUT2D eigenvalue weighted by Crippen LogP contribution is -2.10. The molecule has 0 aromatic rings. The first-order valence-corrected chi connectivity index (χ1v) is 3.14. The van der Waals surface area contributed by atoms with Crippen LogP contribution in [0.4, 0.5) is 8.78 Å². The number of nitrogens with two attached hydrogens (primary N) is 1. The zero-order valence-corrected chi connectivity index (χ0v) is 6.89. The molecule has 64 valence electrons. The van der Waals surface area contributed by atoms with Crippen LogP contribution in [0.15, 0.2) is 0 Å². The summed E-state index contributed by atoms with van der Waals surface area (Å²) in [5, 5.41) is 0. The minimum atomic E-state index is -2.50. The van der Waals surface area contributed by atoms with Crippen LogP contribution in [0.1, 0.15) is 26.2 Å². The van der Waals surface area contributed by atoms with Gasteiger partial charge in [-0.3, -0.25) is 0 Å². The van der Waals surface area contributed by atoms with Crippen molar-refractivity contribution in [2.24, 2.45) is 5.73 Å². The standard InChI is InChI=1S/C6H13F2N.ClH/c1-6(7,8)4-2-3-5-9;/h2-5,9H2,1H3;1H. The molecule has 0 spiro atoms. The highest BCUT2D eigenvalue weighted by atomic mass is 35.5. The molecule has 0 aliphatic rings. The summed E-state index contributed by atoms with van der Waals surface area (Å²) in [5.74, 6) is -2.50. The summed E-state index contributed by atoms with van der Waals surface area (Å²) in [4.78, 5) is 0. The Labute approximate surface area is 66.4 Å². The lowest BCUT2D eigenvalue weighted by molar-refractivity contribution is 0.0107. The van der Waals surface area contributed by atoms with E-state index in [2.05, 4.69) is 0 Å². The van der Waals surface area contributed by atoms with Crippen LogP contribution in [-0.2, 0) is 0 Å². The fraction of sp³-hybridized carbons (Fsp3) is 1.00. The summed E-state index contributed by atoms with van der Waals surface area (Å²) in [7, 11) is 0. The Hall–Kier alpha value is 0.110. The molecule has 2 N–H and O–H groups in total. The number of hydrogen-bond acceptors (Lipinski definition) is 1. The van der Waals surface area contributed by atoms with E-state index in [4.69, 9.17) is 5.73 Å². The normalized spacial score (nSPS) is 10.8. The molecule has 0 amide bonds. The van der Waals surface area contributed by atoms with Gasteiger partial charge < -0.3 is 5.73 Å². The van der Waals surface area contributed by atoms with Crippen LogP contribution < -0.4 is 5.73 Å². The molecule has 1 nitrogen and oxygen atoms in total. The molecule has 0 atom stereocenters. The molecule has 0 aromatic carbocycles. The summed E-state index contributed by atoms with van der Waals surface area (Å²) >= 11 is 0. The zero-order valence-electron chi connectivity index (χ0n) is 6.07. The van der Waals surface area contributed by atoms with E-state index in [1.54, 1.807) is 0 Å². The Morgan fingerprint density at radius 3 is 2.10 bits per heavy atom. The SMILES string of the molecule is CC(F)(F)CCCCN.Cl. The van der Waals surface area contributed by atoms with E-state index in [0.29, 0.717) is 19.4 Å². The number of rotatable bonds is 4. The highest BCUT2D eigenvalue weighted by molar-refractivity contribution is 5.85. The fourth-order valence-electron chi connectivity index (χ4n) is 0.580. The predicted octanol–water partition coefficient (Wildman–Crippen LogP) is 2.19. The molecule has 0 rings (SSSR count). The minimum Gasteiger partial charge on any atom is -0.330 e. The quantitative estimate of drug-likeness (QED) is 0.648. The molecule has 0 bridgehead atoms. The first-order valence-electron chi connectivity index (χ1n) is 3.14. The second-order valence-corrected chi connectivity index (χ2v) is 2.32. The largest absolute Gasteiger partial charge is 0.330 e. The Balaban J connectivity index is 0. The summed E-state index contributed by atoms with van der Waals surface area (Å²) in [6.45, 7) is 1.44. The van der Waals surface area contributed by atoms with Crippen LogP contribution in [-0.4, -0.2) is 12.5 Å². The summed E-state index contributed by atoms with van der Waals surface area (Å²) in [6.07, 6.45) is 1.19. The maximum atomic E-state index is 12.0. The Kier molecular flexibility index (Phi) is 7.48. The summed E-state index contributed by atoms with van der Waals surface area (Å²) in [5.41, 5.74) is 5.11. The maximum absolute atomic E-state index is 12.0. The second kappa shape index (κ2) is 5.86. The lowest BCUT2D eigenvalue weighted by Gasteiger charge is -2.07. The molecule has 0 radical (unpaired) electrons. The molecule has 0 aliphatic heterocycles.